The Labute approximate surface area is 116 Å². The minimum absolute atomic E-state index is 0.0725. The molecule has 1 aromatic rings. The first-order chi connectivity index (χ1) is 9.52. The average molecular weight is 279 g/mol. The van der Waals surface area contributed by atoms with Gasteiger partial charge in [0.05, 0.1) is 11.0 Å². The van der Waals surface area contributed by atoms with Crippen LogP contribution < -0.4 is 4.90 Å². The minimum Gasteiger partial charge on any atom is -0.480 e. The van der Waals surface area contributed by atoms with Crippen molar-refractivity contribution in [2.24, 2.45) is 5.92 Å². The van der Waals surface area contributed by atoms with Gasteiger partial charge in [-0.2, -0.15) is 0 Å². The van der Waals surface area contributed by atoms with E-state index in [1.165, 1.54) is 18.3 Å². The fourth-order valence-electron chi connectivity index (χ4n) is 2.60. The van der Waals surface area contributed by atoms with Crippen LogP contribution in [-0.2, 0) is 4.79 Å². The molecule has 0 radical (unpaired) electrons. The maximum absolute atomic E-state index is 11.4. The third-order valence-corrected chi connectivity index (χ3v) is 3.81. The summed E-state index contributed by atoms with van der Waals surface area (Å²) in [5.74, 6) is -0.163. The number of pyridine rings is 1. The Hall–Kier alpha value is -2.18. The summed E-state index contributed by atoms with van der Waals surface area (Å²) in [6.07, 6.45) is 3.72. The first-order valence-corrected chi connectivity index (χ1v) is 6.62. The zero-order valence-corrected chi connectivity index (χ0v) is 11.2. The molecule has 0 saturated carbocycles. The summed E-state index contributed by atoms with van der Waals surface area (Å²) in [6.45, 7) is 2.61. The van der Waals surface area contributed by atoms with Gasteiger partial charge in [0.15, 0.2) is 0 Å². The molecule has 2 atom stereocenters. The average Bonchev–Trinajstić information content (AvgIpc) is 2.46. The van der Waals surface area contributed by atoms with Gasteiger partial charge in [-0.05, 0) is 18.8 Å². The normalized spacial score (nSPS) is 22.6. The van der Waals surface area contributed by atoms with E-state index in [4.69, 9.17) is 0 Å². The number of carboxylic acids is 1. The molecule has 1 fully saturated rings. The number of nitro groups is 1. The van der Waals surface area contributed by atoms with E-state index >= 15 is 0 Å². The number of aromatic nitrogens is 1. The van der Waals surface area contributed by atoms with Crippen molar-refractivity contribution in [3.63, 3.8) is 0 Å². The van der Waals surface area contributed by atoms with Gasteiger partial charge in [-0.25, -0.2) is 9.78 Å². The van der Waals surface area contributed by atoms with Gasteiger partial charge < -0.3 is 10.0 Å². The van der Waals surface area contributed by atoms with Crippen molar-refractivity contribution >= 4 is 17.5 Å². The van der Waals surface area contributed by atoms with E-state index in [1.54, 1.807) is 4.90 Å². The van der Waals surface area contributed by atoms with Crippen molar-refractivity contribution in [3.05, 3.63) is 28.4 Å². The molecule has 20 heavy (non-hydrogen) atoms. The highest BCUT2D eigenvalue weighted by atomic mass is 16.6. The van der Waals surface area contributed by atoms with Crippen molar-refractivity contribution in [2.45, 2.75) is 32.2 Å². The molecule has 1 N–H and O–H groups in total. The Balaban J connectivity index is 2.28. The molecule has 0 spiro atoms. The predicted octanol–water partition coefficient (Wildman–Crippen LogP) is 2.07. The van der Waals surface area contributed by atoms with E-state index in [0.717, 1.165) is 12.8 Å². The SMILES string of the molecule is CCC1CCN(c2cc([N+](=O)[O-])ccn2)C(C(=O)O)C1. The topological polar surface area (TPSA) is 96.6 Å². The third-order valence-electron chi connectivity index (χ3n) is 3.81. The molecule has 1 aliphatic heterocycles. The van der Waals surface area contributed by atoms with E-state index in [-0.39, 0.29) is 5.69 Å². The molecule has 0 bridgehead atoms. The number of carboxylic acid groups (broad SMARTS) is 1. The van der Waals surface area contributed by atoms with Gasteiger partial charge in [-0.1, -0.05) is 13.3 Å². The molecule has 0 aromatic carbocycles. The highest BCUT2D eigenvalue weighted by molar-refractivity contribution is 5.78. The number of piperidine rings is 1. The molecule has 108 valence electrons. The van der Waals surface area contributed by atoms with Crippen LogP contribution in [0, 0.1) is 16.0 Å². The van der Waals surface area contributed by atoms with Gasteiger partial charge in [-0.15, -0.1) is 0 Å². The highest BCUT2D eigenvalue weighted by Gasteiger charge is 2.33. The van der Waals surface area contributed by atoms with E-state index in [9.17, 15) is 20.0 Å². The maximum atomic E-state index is 11.4. The minimum atomic E-state index is -0.906. The first kappa shape index (κ1) is 14.2. The Morgan fingerprint density at radius 3 is 3.00 bits per heavy atom. The Kier molecular flexibility index (Phi) is 4.16. The number of hydrogen-bond donors (Lipinski definition) is 1. The molecule has 1 aliphatic rings. The fraction of sp³-hybridized carbons (Fsp3) is 0.538. The summed E-state index contributed by atoms with van der Waals surface area (Å²) in [7, 11) is 0. The Morgan fingerprint density at radius 2 is 2.40 bits per heavy atom. The quantitative estimate of drug-likeness (QED) is 0.669. The van der Waals surface area contributed by atoms with Crippen molar-refractivity contribution in [1.29, 1.82) is 0 Å². The van der Waals surface area contributed by atoms with Gasteiger partial charge in [0, 0.05) is 18.8 Å². The van der Waals surface area contributed by atoms with Crippen LogP contribution in [0.4, 0.5) is 11.5 Å². The van der Waals surface area contributed by atoms with Crippen LogP contribution in [0.3, 0.4) is 0 Å². The lowest BCUT2D eigenvalue weighted by atomic mass is 9.89. The summed E-state index contributed by atoms with van der Waals surface area (Å²) in [4.78, 5) is 27.4. The van der Waals surface area contributed by atoms with E-state index in [0.29, 0.717) is 24.7 Å². The standard InChI is InChI=1S/C13H17N3O4/c1-2-9-4-6-15(11(7-9)13(17)18)12-8-10(16(19)20)3-5-14-12/h3,5,8-9,11H,2,4,6-7H2,1H3,(H,17,18). The summed E-state index contributed by atoms with van der Waals surface area (Å²) >= 11 is 0. The third kappa shape index (κ3) is 2.87. The molecule has 0 amide bonds. The lowest BCUT2D eigenvalue weighted by molar-refractivity contribution is -0.384. The van der Waals surface area contributed by atoms with Crippen LogP contribution >= 0.6 is 0 Å². The second-order valence-corrected chi connectivity index (χ2v) is 4.98. The molecule has 7 heteroatoms. The van der Waals surface area contributed by atoms with Crippen molar-refractivity contribution < 1.29 is 14.8 Å². The van der Waals surface area contributed by atoms with Crippen LogP contribution in [0.5, 0.6) is 0 Å². The van der Waals surface area contributed by atoms with Crippen LogP contribution in [0.1, 0.15) is 26.2 Å². The lowest BCUT2D eigenvalue weighted by Gasteiger charge is -2.37. The summed E-state index contributed by atoms with van der Waals surface area (Å²) < 4.78 is 0. The Bertz CT molecular complexity index is 520. The summed E-state index contributed by atoms with van der Waals surface area (Å²) in [6, 6.07) is 1.98. The smallest absolute Gasteiger partial charge is 0.326 e. The molecule has 1 aromatic heterocycles. The second kappa shape index (κ2) is 5.85. The molecule has 2 heterocycles. The number of anilines is 1. The largest absolute Gasteiger partial charge is 0.480 e. The van der Waals surface area contributed by atoms with E-state index < -0.39 is 16.9 Å². The van der Waals surface area contributed by atoms with Gasteiger partial charge in [0.1, 0.15) is 11.9 Å². The zero-order valence-electron chi connectivity index (χ0n) is 11.2. The van der Waals surface area contributed by atoms with Crippen molar-refractivity contribution in [3.8, 4) is 0 Å². The van der Waals surface area contributed by atoms with Gasteiger partial charge in [-0.3, -0.25) is 10.1 Å². The van der Waals surface area contributed by atoms with Gasteiger partial charge in [0.2, 0.25) is 0 Å². The second-order valence-electron chi connectivity index (χ2n) is 4.98. The number of hydrogen-bond acceptors (Lipinski definition) is 5. The Morgan fingerprint density at radius 1 is 1.65 bits per heavy atom. The molecule has 1 saturated heterocycles. The van der Waals surface area contributed by atoms with Crippen LogP contribution in [-0.4, -0.2) is 33.6 Å². The van der Waals surface area contributed by atoms with Crippen molar-refractivity contribution in [2.75, 3.05) is 11.4 Å². The lowest BCUT2D eigenvalue weighted by Crippen LogP contribution is -2.47. The summed E-state index contributed by atoms with van der Waals surface area (Å²) in [5, 5.41) is 20.2. The zero-order chi connectivity index (χ0) is 14.7. The monoisotopic (exact) mass is 279 g/mol. The number of rotatable bonds is 4. The van der Waals surface area contributed by atoms with E-state index in [2.05, 4.69) is 4.98 Å². The molecule has 2 rings (SSSR count). The number of carbonyl (C=O) groups is 1. The number of nitrogens with zero attached hydrogens (tertiary/aromatic N) is 3. The van der Waals surface area contributed by atoms with E-state index in [1.807, 2.05) is 6.92 Å². The van der Waals surface area contributed by atoms with Gasteiger partial charge >= 0.3 is 5.97 Å². The maximum Gasteiger partial charge on any atom is 0.326 e. The first-order valence-electron chi connectivity index (χ1n) is 6.62. The fourth-order valence-corrected chi connectivity index (χ4v) is 2.60. The van der Waals surface area contributed by atoms with Gasteiger partial charge in [0.25, 0.3) is 5.69 Å². The molecular formula is C13H17N3O4. The van der Waals surface area contributed by atoms with Crippen molar-refractivity contribution in [1.82, 2.24) is 4.98 Å². The molecule has 7 nitrogen and oxygen atoms in total. The number of aliphatic carboxylic acids is 1. The predicted molar refractivity (Wildman–Crippen MR) is 72.7 cm³/mol. The molecule has 0 aliphatic carbocycles. The van der Waals surface area contributed by atoms with Crippen LogP contribution in [0.15, 0.2) is 18.3 Å². The van der Waals surface area contributed by atoms with Crippen LogP contribution in [0.25, 0.3) is 0 Å². The van der Waals surface area contributed by atoms with Crippen LogP contribution in [0.2, 0.25) is 0 Å². The molecular weight excluding hydrogens is 262 g/mol. The molecule has 2 unspecified atom stereocenters. The highest BCUT2D eigenvalue weighted by Crippen LogP contribution is 2.30. The summed E-state index contributed by atoms with van der Waals surface area (Å²) in [5.41, 5.74) is -0.0725.